The Hall–Kier alpha value is -0.990. The minimum Gasteiger partial charge on any atom is -0.386 e. The summed E-state index contributed by atoms with van der Waals surface area (Å²) >= 11 is 2.85. The van der Waals surface area contributed by atoms with Crippen LogP contribution in [-0.2, 0) is 9.84 Å². The molecule has 0 radical (unpaired) electrons. The largest absolute Gasteiger partial charge is 0.386 e. The molecule has 8 heteroatoms. The Morgan fingerprint density at radius 3 is 2.53 bits per heavy atom. The van der Waals surface area contributed by atoms with Crippen molar-refractivity contribution in [2.75, 3.05) is 6.26 Å². The van der Waals surface area contributed by atoms with Crippen LogP contribution in [0.2, 0.25) is 0 Å². The predicted octanol–water partition coefficient (Wildman–Crippen LogP) is 1.39. The highest BCUT2D eigenvalue weighted by Gasteiger charge is 2.28. The number of aliphatic hydroxyl groups excluding tert-OH is 1. The van der Waals surface area contributed by atoms with Gasteiger partial charge in [0, 0.05) is 18.4 Å². The highest BCUT2D eigenvalue weighted by atomic mass is 79.9. The Morgan fingerprint density at radius 2 is 2.06 bits per heavy atom. The zero-order chi connectivity index (χ0) is 13.2. The number of nitro benzene ring substituents is 1. The minimum absolute atomic E-state index is 0.173. The molecule has 1 aromatic carbocycles. The first kappa shape index (κ1) is 14.1. The Morgan fingerprint density at radius 1 is 1.47 bits per heavy atom. The number of non-ortho nitro benzene ring substituents is 1. The summed E-state index contributed by atoms with van der Waals surface area (Å²) in [4.78, 5) is 9.93. The summed E-state index contributed by atoms with van der Waals surface area (Å²) in [6, 6.07) is 5.22. The van der Waals surface area contributed by atoms with Crippen LogP contribution in [0.4, 0.5) is 5.69 Å². The lowest BCUT2D eigenvalue weighted by Crippen LogP contribution is -2.21. The van der Waals surface area contributed by atoms with Crippen LogP contribution in [0.15, 0.2) is 24.3 Å². The second-order valence-electron chi connectivity index (χ2n) is 3.48. The van der Waals surface area contributed by atoms with Crippen LogP contribution in [0.5, 0.6) is 0 Å². The lowest BCUT2D eigenvalue weighted by molar-refractivity contribution is -0.385. The van der Waals surface area contributed by atoms with Gasteiger partial charge in [-0.2, -0.15) is 0 Å². The van der Waals surface area contributed by atoms with E-state index in [1.54, 1.807) is 0 Å². The molecule has 6 nitrogen and oxygen atoms in total. The topological polar surface area (TPSA) is 97.5 Å². The molecule has 0 unspecified atom stereocenters. The first-order valence-electron chi connectivity index (χ1n) is 4.49. The van der Waals surface area contributed by atoms with E-state index in [0.29, 0.717) is 0 Å². The van der Waals surface area contributed by atoms with Crippen LogP contribution in [0.3, 0.4) is 0 Å². The summed E-state index contributed by atoms with van der Waals surface area (Å²) in [6.45, 7) is 0. The second kappa shape index (κ2) is 5.11. The molecule has 1 rings (SSSR count). The van der Waals surface area contributed by atoms with E-state index in [2.05, 4.69) is 15.9 Å². The van der Waals surface area contributed by atoms with Gasteiger partial charge >= 0.3 is 0 Å². The van der Waals surface area contributed by atoms with Gasteiger partial charge < -0.3 is 5.11 Å². The average molecular weight is 324 g/mol. The standard InChI is InChI=1S/C9H10BrNO5S/c1-17(15,16)9(10)8(12)6-3-2-4-7(5-6)11(13)14/h2-5,8-9,12H,1H3/t8-,9-/m1/s1. The summed E-state index contributed by atoms with van der Waals surface area (Å²) in [5, 5.41) is 20.3. The molecule has 0 aliphatic carbocycles. The first-order valence-corrected chi connectivity index (χ1v) is 7.36. The minimum atomic E-state index is -3.49. The van der Waals surface area contributed by atoms with Crippen LogP contribution in [0.25, 0.3) is 0 Å². The maximum atomic E-state index is 11.2. The summed E-state index contributed by atoms with van der Waals surface area (Å²) in [6.07, 6.45) is -0.391. The van der Waals surface area contributed by atoms with Gasteiger partial charge in [-0.1, -0.05) is 28.1 Å². The molecule has 94 valence electrons. The van der Waals surface area contributed by atoms with E-state index >= 15 is 0 Å². The van der Waals surface area contributed by atoms with Gasteiger partial charge in [-0.25, -0.2) is 8.42 Å². The van der Waals surface area contributed by atoms with E-state index in [4.69, 9.17) is 0 Å². The molecule has 0 saturated heterocycles. The van der Waals surface area contributed by atoms with E-state index in [1.165, 1.54) is 18.2 Å². The van der Waals surface area contributed by atoms with E-state index in [9.17, 15) is 23.6 Å². The number of benzene rings is 1. The zero-order valence-corrected chi connectivity index (χ0v) is 11.2. The number of hydrogen-bond acceptors (Lipinski definition) is 5. The molecule has 1 N–H and O–H groups in total. The van der Waals surface area contributed by atoms with Crippen molar-refractivity contribution < 1.29 is 18.4 Å². The molecule has 0 fully saturated rings. The second-order valence-corrected chi connectivity index (χ2v) is 7.24. The third kappa shape index (κ3) is 3.48. The smallest absolute Gasteiger partial charge is 0.269 e. The summed E-state index contributed by atoms with van der Waals surface area (Å²) in [5.41, 5.74) is -0.0266. The lowest BCUT2D eigenvalue weighted by Gasteiger charge is -2.15. The van der Waals surface area contributed by atoms with Gasteiger partial charge in [-0.3, -0.25) is 10.1 Å². The molecule has 0 aliphatic rings. The van der Waals surface area contributed by atoms with Gasteiger partial charge in [-0.05, 0) is 5.56 Å². The van der Waals surface area contributed by atoms with Crippen molar-refractivity contribution >= 4 is 31.5 Å². The van der Waals surface area contributed by atoms with E-state index in [-0.39, 0.29) is 11.3 Å². The normalized spacial score (nSPS) is 15.2. The highest BCUT2D eigenvalue weighted by molar-refractivity contribution is 9.11. The zero-order valence-electron chi connectivity index (χ0n) is 8.78. The summed E-state index contributed by atoms with van der Waals surface area (Å²) in [5.74, 6) is 0. The number of alkyl halides is 1. The molecule has 0 saturated carbocycles. The van der Waals surface area contributed by atoms with Gasteiger partial charge in [0.2, 0.25) is 0 Å². The highest BCUT2D eigenvalue weighted by Crippen LogP contribution is 2.28. The average Bonchev–Trinajstić information content (AvgIpc) is 2.26. The Kier molecular flexibility index (Phi) is 4.23. The van der Waals surface area contributed by atoms with Crippen molar-refractivity contribution in [3.8, 4) is 0 Å². The molecule has 17 heavy (non-hydrogen) atoms. The van der Waals surface area contributed by atoms with Gasteiger partial charge in [-0.15, -0.1) is 0 Å². The molecule has 1 aromatic rings. The molecule has 0 bridgehead atoms. The third-order valence-electron chi connectivity index (χ3n) is 2.08. The fourth-order valence-electron chi connectivity index (χ4n) is 1.21. The van der Waals surface area contributed by atoms with Crippen molar-refractivity contribution in [2.45, 2.75) is 10.3 Å². The molecular weight excluding hydrogens is 314 g/mol. The maximum absolute atomic E-state index is 11.2. The van der Waals surface area contributed by atoms with Crippen LogP contribution < -0.4 is 0 Å². The maximum Gasteiger partial charge on any atom is 0.269 e. The summed E-state index contributed by atoms with van der Waals surface area (Å²) < 4.78 is 21.3. The third-order valence-corrected chi connectivity index (χ3v) is 5.69. The van der Waals surface area contributed by atoms with E-state index < -0.39 is 25.0 Å². The molecule has 0 aliphatic heterocycles. The van der Waals surface area contributed by atoms with Crippen molar-refractivity contribution in [1.29, 1.82) is 0 Å². The summed E-state index contributed by atoms with van der Waals surface area (Å²) in [7, 11) is -3.49. The molecule has 0 aromatic heterocycles. The van der Waals surface area contributed by atoms with Crippen molar-refractivity contribution in [3.63, 3.8) is 0 Å². The number of sulfone groups is 1. The molecule has 0 heterocycles. The number of hydrogen-bond donors (Lipinski definition) is 1. The van der Waals surface area contributed by atoms with Gasteiger partial charge in [0.05, 0.1) is 4.92 Å². The lowest BCUT2D eigenvalue weighted by atomic mass is 10.1. The van der Waals surface area contributed by atoms with Crippen LogP contribution >= 0.6 is 15.9 Å². The van der Waals surface area contributed by atoms with Crippen LogP contribution in [0.1, 0.15) is 11.7 Å². The van der Waals surface area contributed by atoms with E-state index in [1.807, 2.05) is 0 Å². The van der Waals surface area contributed by atoms with Gasteiger partial charge in [0.1, 0.15) is 10.3 Å². The molecular formula is C9H10BrNO5S. The predicted molar refractivity (Wildman–Crippen MR) is 65.6 cm³/mol. The van der Waals surface area contributed by atoms with Gasteiger partial charge in [0.15, 0.2) is 9.84 Å². The Labute approximate surface area is 106 Å². The molecule has 2 atom stereocenters. The number of nitro groups is 1. The fourth-order valence-corrected chi connectivity index (χ4v) is 2.14. The number of halogens is 1. The van der Waals surface area contributed by atoms with Crippen molar-refractivity contribution in [2.24, 2.45) is 0 Å². The van der Waals surface area contributed by atoms with Crippen molar-refractivity contribution in [3.05, 3.63) is 39.9 Å². The molecule has 0 amide bonds. The molecule has 0 spiro atoms. The number of rotatable bonds is 4. The monoisotopic (exact) mass is 323 g/mol. The Balaban J connectivity index is 3.09. The first-order chi connectivity index (χ1) is 7.73. The Bertz CT molecular complexity index is 530. The number of aliphatic hydroxyl groups is 1. The van der Waals surface area contributed by atoms with Crippen molar-refractivity contribution in [1.82, 2.24) is 0 Å². The quantitative estimate of drug-likeness (QED) is 0.513. The fraction of sp³-hybridized carbons (Fsp3) is 0.333. The number of nitrogens with zero attached hydrogens (tertiary/aromatic N) is 1. The van der Waals surface area contributed by atoms with E-state index in [0.717, 1.165) is 12.3 Å². The van der Waals surface area contributed by atoms with Gasteiger partial charge in [0.25, 0.3) is 5.69 Å². The van der Waals surface area contributed by atoms with Crippen LogP contribution in [-0.4, -0.2) is 28.9 Å². The SMILES string of the molecule is CS(=O)(=O)[C@@H](Br)[C@H](O)c1cccc([N+](=O)[O-])c1. The van der Waals surface area contributed by atoms with Crippen LogP contribution in [0, 0.1) is 10.1 Å².